The molecule has 0 N–H and O–H groups in total. The Labute approximate surface area is 159 Å². The highest BCUT2D eigenvalue weighted by atomic mass is 32.2. The molecule has 1 amide bonds. The number of carbonyl (C=O) groups is 1. The van der Waals surface area contributed by atoms with Gasteiger partial charge >= 0.3 is 0 Å². The highest BCUT2D eigenvalue weighted by molar-refractivity contribution is 8.26. The number of thioether (sulfide) groups is 1. The zero-order valence-electron chi connectivity index (χ0n) is 13.8. The Kier molecular flexibility index (Phi) is 5.06. The number of nitro groups is 1. The fourth-order valence-corrected chi connectivity index (χ4v) is 3.74. The van der Waals surface area contributed by atoms with E-state index in [1.165, 1.54) is 28.8 Å². The lowest BCUT2D eigenvalue weighted by Crippen LogP contribution is -2.27. The molecule has 3 rings (SSSR count). The molecule has 0 saturated carbocycles. The van der Waals surface area contributed by atoms with Crippen LogP contribution in [0.25, 0.3) is 17.4 Å². The molecular weight excluding hydrogens is 372 g/mol. The zero-order valence-corrected chi connectivity index (χ0v) is 15.4. The molecule has 1 aromatic heterocycles. The van der Waals surface area contributed by atoms with Crippen molar-refractivity contribution in [1.29, 1.82) is 0 Å². The molecule has 132 valence electrons. The number of rotatable bonds is 5. The number of aryl methyl sites for hydroxylation is 1. The van der Waals surface area contributed by atoms with Crippen molar-refractivity contribution in [3.8, 4) is 11.3 Å². The number of benzene rings is 1. The minimum absolute atomic E-state index is 0.00570. The van der Waals surface area contributed by atoms with Gasteiger partial charge in [-0.25, -0.2) is 0 Å². The largest absolute Gasteiger partial charge is 0.457 e. The normalized spacial score (nSPS) is 15.7. The molecule has 1 aliphatic heterocycles. The number of hydrogen-bond acceptors (Lipinski definition) is 6. The lowest BCUT2D eigenvalue weighted by Gasteiger charge is -2.10. The zero-order chi connectivity index (χ0) is 18.8. The quantitative estimate of drug-likeness (QED) is 0.247. The Morgan fingerprint density at radius 3 is 2.85 bits per heavy atom. The van der Waals surface area contributed by atoms with E-state index in [9.17, 15) is 14.9 Å². The molecule has 0 aliphatic carbocycles. The minimum atomic E-state index is -0.447. The van der Waals surface area contributed by atoms with Crippen LogP contribution >= 0.6 is 24.0 Å². The summed E-state index contributed by atoms with van der Waals surface area (Å²) < 4.78 is 6.25. The van der Waals surface area contributed by atoms with Gasteiger partial charge in [-0.3, -0.25) is 19.8 Å². The molecule has 26 heavy (non-hydrogen) atoms. The van der Waals surface area contributed by atoms with Crippen molar-refractivity contribution in [2.45, 2.75) is 6.92 Å². The van der Waals surface area contributed by atoms with Crippen molar-refractivity contribution in [3.63, 3.8) is 0 Å². The van der Waals surface area contributed by atoms with Gasteiger partial charge in [0.15, 0.2) is 0 Å². The van der Waals surface area contributed by atoms with E-state index in [0.29, 0.717) is 32.9 Å². The highest BCUT2D eigenvalue weighted by Crippen LogP contribution is 2.34. The number of furan rings is 1. The third-order valence-corrected chi connectivity index (χ3v) is 5.16. The summed E-state index contributed by atoms with van der Waals surface area (Å²) in [6, 6.07) is 8.04. The summed E-state index contributed by atoms with van der Waals surface area (Å²) in [5, 5.41) is 11.0. The van der Waals surface area contributed by atoms with Gasteiger partial charge in [-0.1, -0.05) is 36.1 Å². The number of carbonyl (C=O) groups excluding carboxylic acids is 1. The molecular formula is C18H14N2O4S2. The molecule has 8 heteroatoms. The van der Waals surface area contributed by atoms with Gasteiger partial charge in [0.05, 0.1) is 9.83 Å². The van der Waals surface area contributed by atoms with Gasteiger partial charge in [-0.05, 0) is 24.6 Å². The summed E-state index contributed by atoms with van der Waals surface area (Å²) in [6.07, 6.45) is 3.24. The number of nitrogens with zero attached hydrogens (tertiary/aromatic N) is 2. The first-order valence-corrected chi connectivity index (χ1v) is 8.84. The van der Waals surface area contributed by atoms with Crippen LogP contribution in [0.3, 0.4) is 0 Å². The van der Waals surface area contributed by atoms with Crippen molar-refractivity contribution >= 4 is 46.0 Å². The van der Waals surface area contributed by atoms with Crippen LogP contribution in [-0.4, -0.2) is 26.6 Å². The van der Waals surface area contributed by atoms with E-state index in [1.807, 2.05) is 6.92 Å². The molecule has 0 bridgehead atoms. The Hall–Kier alpha value is -2.71. The predicted molar refractivity (Wildman–Crippen MR) is 106 cm³/mol. The average Bonchev–Trinajstić information content (AvgIpc) is 3.16. The van der Waals surface area contributed by atoms with E-state index in [-0.39, 0.29) is 11.6 Å². The van der Waals surface area contributed by atoms with Crippen LogP contribution in [0.2, 0.25) is 0 Å². The topological polar surface area (TPSA) is 76.6 Å². The third kappa shape index (κ3) is 3.47. The highest BCUT2D eigenvalue weighted by Gasteiger charge is 2.31. The van der Waals surface area contributed by atoms with Gasteiger partial charge in [-0.2, -0.15) is 0 Å². The maximum atomic E-state index is 12.3. The van der Waals surface area contributed by atoms with Gasteiger partial charge in [0.2, 0.25) is 0 Å². The summed E-state index contributed by atoms with van der Waals surface area (Å²) in [6.45, 7) is 5.83. The van der Waals surface area contributed by atoms with Crippen molar-refractivity contribution < 1.29 is 14.1 Å². The molecule has 0 unspecified atom stereocenters. The predicted octanol–water partition coefficient (Wildman–Crippen LogP) is 4.55. The van der Waals surface area contributed by atoms with Crippen molar-refractivity contribution in [2.75, 3.05) is 6.54 Å². The second kappa shape index (κ2) is 7.27. The van der Waals surface area contributed by atoms with Gasteiger partial charge < -0.3 is 4.42 Å². The first kappa shape index (κ1) is 18.1. The van der Waals surface area contributed by atoms with Crippen molar-refractivity contribution in [1.82, 2.24) is 4.90 Å². The Bertz CT molecular complexity index is 962. The lowest BCUT2D eigenvalue weighted by molar-refractivity contribution is -0.384. The van der Waals surface area contributed by atoms with E-state index in [1.54, 1.807) is 30.4 Å². The number of nitro benzene ring substituents is 1. The maximum Gasteiger partial charge on any atom is 0.270 e. The van der Waals surface area contributed by atoms with Crippen LogP contribution < -0.4 is 0 Å². The van der Waals surface area contributed by atoms with Crippen LogP contribution in [0.5, 0.6) is 0 Å². The summed E-state index contributed by atoms with van der Waals surface area (Å²) in [5.74, 6) is 0.786. The smallest absolute Gasteiger partial charge is 0.270 e. The fourth-order valence-electron chi connectivity index (χ4n) is 2.48. The molecule has 2 aromatic rings. The second-order valence-corrected chi connectivity index (χ2v) is 7.22. The first-order valence-electron chi connectivity index (χ1n) is 7.62. The molecule has 6 nitrogen and oxygen atoms in total. The summed E-state index contributed by atoms with van der Waals surface area (Å²) in [7, 11) is 0. The second-order valence-electron chi connectivity index (χ2n) is 5.54. The van der Waals surface area contributed by atoms with Crippen molar-refractivity contribution in [2.24, 2.45) is 0 Å². The molecule has 0 spiro atoms. The molecule has 1 saturated heterocycles. The van der Waals surface area contributed by atoms with Gasteiger partial charge in [0.1, 0.15) is 15.8 Å². The van der Waals surface area contributed by atoms with Crippen LogP contribution in [0.1, 0.15) is 11.3 Å². The molecule has 0 radical (unpaired) electrons. The standard InChI is InChI=1S/C18H14N2O4S2/c1-3-8-19-17(21)16(26-18(19)25)10-13-6-7-15(24-13)14-9-12(20(22)23)5-4-11(14)2/h3-7,9-10H,1,8H2,2H3. The number of thiocarbonyl (C=S) groups is 1. The molecule has 2 heterocycles. The average molecular weight is 386 g/mol. The Morgan fingerprint density at radius 2 is 2.15 bits per heavy atom. The third-order valence-electron chi connectivity index (χ3n) is 3.78. The summed E-state index contributed by atoms with van der Waals surface area (Å²) in [4.78, 5) is 24.8. The van der Waals surface area contributed by atoms with Crippen LogP contribution in [-0.2, 0) is 4.79 Å². The van der Waals surface area contributed by atoms with Gasteiger partial charge in [0, 0.05) is 30.3 Å². The van der Waals surface area contributed by atoms with E-state index < -0.39 is 4.92 Å². The summed E-state index contributed by atoms with van der Waals surface area (Å²) in [5.41, 5.74) is 1.49. The minimum Gasteiger partial charge on any atom is -0.457 e. The number of hydrogen-bond donors (Lipinski definition) is 0. The van der Waals surface area contributed by atoms with E-state index >= 15 is 0 Å². The van der Waals surface area contributed by atoms with E-state index in [2.05, 4.69) is 6.58 Å². The fraction of sp³-hybridized carbons (Fsp3) is 0.111. The van der Waals surface area contributed by atoms with Crippen LogP contribution in [0.4, 0.5) is 5.69 Å². The van der Waals surface area contributed by atoms with Crippen LogP contribution in [0.15, 0.2) is 52.3 Å². The van der Waals surface area contributed by atoms with Crippen LogP contribution in [0, 0.1) is 17.0 Å². The summed E-state index contributed by atoms with van der Waals surface area (Å²) >= 11 is 6.40. The van der Waals surface area contributed by atoms with Crippen molar-refractivity contribution in [3.05, 3.63) is 69.3 Å². The first-order chi connectivity index (χ1) is 12.4. The van der Waals surface area contributed by atoms with Gasteiger partial charge in [-0.15, -0.1) is 6.58 Å². The number of non-ortho nitro benzene ring substituents is 1. The SMILES string of the molecule is C=CCN1C(=O)C(=Cc2ccc(-c3cc([N+](=O)[O-])ccc3C)o2)SC1=S. The number of amides is 1. The maximum absolute atomic E-state index is 12.3. The molecule has 1 aromatic carbocycles. The van der Waals surface area contributed by atoms with Gasteiger partial charge in [0.25, 0.3) is 11.6 Å². The molecule has 1 fully saturated rings. The molecule has 1 aliphatic rings. The lowest BCUT2D eigenvalue weighted by atomic mass is 10.1. The van der Waals surface area contributed by atoms with E-state index in [0.717, 1.165) is 5.56 Å². The van der Waals surface area contributed by atoms with E-state index in [4.69, 9.17) is 16.6 Å². The molecule has 0 atom stereocenters. The monoisotopic (exact) mass is 386 g/mol. The Balaban J connectivity index is 1.91. The Morgan fingerprint density at radius 1 is 1.38 bits per heavy atom.